The summed E-state index contributed by atoms with van der Waals surface area (Å²) in [6.45, 7) is 1.65. The summed E-state index contributed by atoms with van der Waals surface area (Å²) in [4.78, 5) is 36.9. The molecule has 2 aromatic carbocycles. The molecule has 2 aromatic rings. The van der Waals surface area contributed by atoms with Crippen molar-refractivity contribution in [3.63, 3.8) is 0 Å². The van der Waals surface area contributed by atoms with E-state index in [1.807, 2.05) is 31.2 Å². The number of carboxylic acids is 1. The predicted molar refractivity (Wildman–Crippen MR) is 119 cm³/mol. The molecular formula is C21H17Cl2NO6S. The largest absolute Gasteiger partial charge is 0.492 e. The van der Waals surface area contributed by atoms with Gasteiger partial charge in [0.2, 0.25) is 0 Å². The van der Waals surface area contributed by atoms with E-state index in [0.29, 0.717) is 11.3 Å². The minimum atomic E-state index is -1.17. The standard InChI is InChI=1S/C21H17Cl2NO6S/c1-12-2-4-14(5-3-12)29-7-6-24-20(27)17(31-21(24)28)10-13-8-15(22)19(16(23)9-13)30-11-18(25)26/h2-5,8-10H,6-7,11H2,1H3,(H,25,26)/b17-10-. The van der Waals surface area contributed by atoms with Gasteiger partial charge in [0.05, 0.1) is 21.5 Å². The van der Waals surface area contributed by atoms with Crippen LogP contribution in [0.1, 0.15) is 11.1 Å². The Hall–Kier alpha value is -2.68. The third-order valence-electron chi connectivity index (χ3n) is 4.14. The lowest BCUT2D eigenvalue weighted by molar-refractivity contribution is -0.139. The maximum Gasteiger partial charge on any atom is 0.341 e. The molecule has 0 aromatic heterocycles. The molecule has 0 saturated carbocycles. The zero-order chi connectivity index (χ0) is 22.5. The second-order valence-corrected chi connectivity index (χ2v) is 8.30. The van der Waals surface area contributed by atoms with Crippen molar-refractivity contribution in [2.45, 2.75) is 6.92 Å². The van der Waals surface area contributed by atoms with E-state index < -0.39 is 23.7 Å². The Morgan fingerprint density at radius 2 is 1.77 bits per heavy atom. The lowest BCUT2D eigenvalue weighted by atomic mass is 10.2. The number of amides is 2. The molecule has 1 aliphatic rings. The number of nitrogens with zero attached hydrogens (tertiary/aromatic N) is 1. The molecule has 3 rings (SSSR count). The van der Waals surface area contributed by atoms with Crippen LogP contribution in [-0.2, 0) is 9.59 Å². The third kappa shape index (κ3) is 5.94. The van der Waals surface area contributed by atoms with Gasteiger partial charge < -0.3 is 14.6 Å². The van der Waals surface area contributed by atoms with Crippen molar-refractivity contribution in [3.05, 3.63) is 62.5 Å². The van der Waals surface area contributed by atoms with Crippen LogP contribution < -0.4 is 9.47 Å². The van der Waals surface area contributed by atoms with Crippen molar-refractivity contribution >= 4 is 58.2 Å². The van der Waals surface area contributed by atoms with E-state index in [2.05, 4.69) is 0 Å². The van der Waals surface area contributed by atoms with Crippen LogP contribution in [0.3, 0.4) is 0 Å². The number of halogens is 2. The zero-order valence-electron chi connectivity index (χ0n) is 16.3. The van der Waals surface area contributed by atoms with Gasteiger partial charge in [-0.15, -0.1) is 0 Å². The number of rotatable bonds is 8. The Bertz CT molecular complexity index is 1030. The van der Waals surface area contributed by atoms with Crippen molar-refractivity contribution in [2.24, 2.45) is 0 Å². The van der Waals surface area contributed by atoms with Crippen molar-refractivity contribution in [2.75, 3.05) is 19.8 Å². The van der Waals surface area contributed by atoms with Gasteiger partial charge in [0.15, 0.2) is 12.4 Å². The summed E-state index contributed by atoms with van der Waals surface area (Å²) in [6.07, 6.45) is 1.49. The lowest BCUT2D eigenvalue weighted by Gasteiger charge is -2.13. The highest BCUT2D eigenvalue weighted by Crippen LogP contribution is 2.37. The first-order chi connectivity index (χ1) is 14.7. The molecule has 0 atom stereocenters. The minimum Gasteiger partial charge on any atom is -0.492 e. The van der Waals surface area contributed by atoms with Gasteiger partial charge in [-0.3, -0.25) is 14.5 Å². The van der Waals surface area contributed by atoms with Crippen LogP contribution in [0.15, 0.2) is 41.3 Å². The lowest BCUT2D eigenvalue weighted by Crippen LogP contribution is -2.32. The molecule has 0 unspecified atom stereocenters. The number of hydrogen-bond acceptors (Lipinski definition) is 6. The number of aryl methyl sites for hydroxylation is 1. The first-order valence-electron chi connectivity index (χ1n) is 9.03. The molecule has 31 heavy (non-hydrogen) atoms. The summed E-state index contributed by atoms with van der Waals surface area (Å²) < 4.78 is 10.7. The summed E-state index contributed by atoms with van der Waals surface area (Å²) >= 11 is 13.0. The number of imide groups is 1. The fraction of sp³-hybridized carbons (Fsp3) is 0.190. The number of carbonyl (C=O) groups is 3. The molecule has 7 nitrogen and oxygen atoms in total. The topological polar surface area (TPSA) is 93.1 Å². The Labute approximate surface area is 192 Å². The summed E-state index contributed by atoms with van der Waals surface area (Å²) in [6, 6.07) is 10.4. The molecule has 0 bridgehead atoms. The van der Waals surface area contributed by atoms with Gasteiger partial charge >= 0.3 is 5.97 Å². The fourth-order valence-electron chi connectivity index (χ4n) is 2.67. The summed E-state index contributed by atoms with van der Waals surface area (Å²) in [5.74, 6) is -0.927. The van der Waals surface area contributed by atoms with Gasteiger partial charge in [-0.2, -0.15) is 0 Å². The molecule has 1 fully saturated rings. The van der Waals surface area contributed by atoms with Gasteiger partial charge in [0.1, 0.15) is 12.4 Å². The van der Waals surface area contributed by atoms with Crippen molar-refractivity contribution in [3.8, 4) is 11.5 Å². The first kappa shape index (κ1) is 23.0. The highest BCUT2D eigenvalue weighted by atomic mass is 35.5. The van der Waals surface area contributed by atoms with Crippen LogP contribution in [0.4, 0.5) is 4.79 Å². The first-order valence-corrected chi connectivity index (χ1v) is 10.6. The van der Waals surface area contributed by atoms with Crippen LogP contribution >= 0.6 is 35.0 Å². The second-order valence-electron chi connectivity index (χ2n) is 6.49. The van der Waals surface area contributed by atoms with Gasteiger partial charge in [0.25, 0.3) is 11.1 Å². The van der Waals surface area contributed by atoms with Gasteiger partial charge in [-0.05, 0) is 54.6 Å². The highest BCUT2D eigenvalue weighted by molar-refractivity contribution is 8.18. The van der Waals surface area contributed by atoms with Crippen molar-refractivity contribution < 1.29 is 29.0 Å². The van der Waals surface area contributed by atoms with E-state index >= 15 is 0 Å². The van der Waals surface area contributed by atoms with Gasteiger partial charge in [-0.25, -0.2) is 4.79 Å². The van der Waals surface area contributed by atoms with E-state index in [1.165, 1.54) is 18.2 Å². The normalized spacial score (nSPS) is 14.9. The molecule has 1 heterocycles. The minimum absolute atomic E-state index is 0.0317. The molecule has 0 spiro atoms. The maximum absolute atomic E-state index is 12.6. The quantitative estimate of drug-likeness (QED) is 0.536. The van der Waals surface area contributed by atoms with E-state index in [9.17, 15) is 14.4 Å². The average molecular weight is 482 g/mol. The van der Waals surface area contributed by atoms with Gasteiger partial charge in [0, 0.05) is 0 Å². The monoisotopic (exact) mass is 481 g/mol. The molecule has 2 amide bonds. The summed E-state index contributed by atoms with van der Waals surface area (Å²) in [5.41, 5.74) is 1.57. The van der Waals surface area contributed by atoms with Crippen LogP contribution in [0.5, 0.6) is 11.5 Å². The average Bonchev–Trinajstić information content (AvgIpc) is 2.96. The molecule has 10 heteroatoms. The molecule has 1 aliphatic heterocycles. The van der Waals surface area contributed by atoms with Gasteiger partial charge in [-0.1, -0.05) is 40.9 Å². The van der Waals surface area contributed by atoms with E-state index in [0.717, 1.165) is 22.2 Å². The molecule has 1 saturated heterocycles. The summed E-state index contributed by atoms with van der Waals surface area (Å²) in [7, 11) is 0. The zero-order valence-corrected chi connectivity index (χ0v) is 18.6. The summed E-state index contributed by atoms with van der Waals surface area (Å²) in [5, 5.41) is 8.49. The molecule has 162 valence electrons. The molecular weight excluding hydrogens is 465 g/mol. The van der Waals surface area contributed by atoms with Crippen molar-refractivity contribution in [1.82, 2.24) is 4.90 Å². The number of thioether (sulfide) groups is 1. The smallest absolute Gasteiger partial charge is 0.341 e. The van der Waals surface area contributed by atoms with E-state index in [1.54, 1.807) is 0 Å². The number of carbonyl (C=O) groups excluding carboxylic acids is 2. The highest BCUT2D eigenvalue weighted by Gasteiger charge is 2.34. The fourth-order valence-corrected chi connectivity index (χ4v) is 4.15. The maximum atomic E-state index is 12.6. The number of benzene rings is 2. The van der Waals surface area contributed by atoms with Crippen LogP contribution in [0, 0.1) is 6.92 Å². The van der Waals surface area contributed by atoms with Crippen molar-refractivity contribution in [1.29, 1.82) is 0 Å². The Kier molecular flexibility index (Phi) is 7.48. The van der Waals surface area contributed by atoms with Crippen LogP contribution in [-0.4, -0.2) is 46.9 Å². The molecule has 0 radical (unpaired) electrons. The molecule has 0 aliphatic carbocycles. The third-order valence-corrected chi connectivity index (χ3v) is 5.61. The Balaban J connectivity index is 1.66. The Morgan fingerprint density at radius 3 is 2.39 bits per heavy atom. The number of ether oxygens (including phenoxy) is 2. The number of hydrogen-bond donors (Lipinski definition) is 1. The SMILES string of the molecule is Cc1ccc(OCCN2C(=O)S/C(=C\c3cc(Cl)c(OCC(=O)O)c(Cl)c3)C2=O)cc1. The van der Waals surface area contributed by atoms with Crippen LogP contribution in [0.2, 0.25) is 10.0 Å². The predicted octanol–water partition coefficient (Wildman–Crippen LogP) is 4.88. The number of aliphatic carboxylic acids is 1. The van der Waals surface area contributed by atoms with E-state index in [-0.39, 0.29) is 33.9 Å². The van der Waals surface area contributed by atoms with Crippen LogP contribution in [0.25, 0.3) is 6.08 Å². The van der Waals surface area contributed by atoms with E-state index in [4.69, 9.17) is 37.8 Å². The Morgan fingerprint density at radius 1 is 1.13 bits per heavy atom. The number of carboxylic acid groups (broad SMARTS) is 1. The second kappa shape index (κ2) is 10.1. The molecule has 1 N–H and O–H groups in total.